The average Bonchev–Trinajstić information content (AvgIpc) is 3.38. The number of thiazole rings is 1. The molecule has 0 aliphatic carbocycles. The molecule has 9 heteroatoms. The van der Waals surface area contributed by atoms with Gasteiger partial charge in [0.1, 0.15) is 11.6 Å². The van der Waals surface area contributed by atoms with Crippen LogP contribution in [0.4, 0.5) is 16.8 Å². The summed E-state index contributed by atoms with van der Waals surface area (Å²) in [6.45, 7) is 2.96. The molecule has 0 saturated carbocycles. The lowest BCUT2D eigenvalue weighted by atomic mass is 10.2. The summed E-state index contributed by atoms with van der Waals surface area (Å²) in [6.07, 6.45) is 3.77. The molecule has 8 nitrogen and oxygen atoms in total. The molecule has 27 heavy (non-hydrogen) atoms. The molecule has 1 aliphatic rings. The van der Waals surface area contributed by atoms with Crippen LogP contribution in [0.2, 0.25) is 0 Å². The first-order valence-corrected chi connectivity index (χ1v) is 9.66. The smallest absolute Gasteiger partial charge is 0.239 e. The summed E-state index contributed by atoms with van der Waals surface area (Å²) in [7, 11) is 0. The standard InChI is InChI=1S/C18H20N6O2S/c1-12-9-16(23-26-12)21-17(25)10-24-8-4-5-14(24)13-11-27-18(20-13)22-15-6-2-3-7-19-15/h2-3,6-7,9,11,14H,4-5,8,10H2,1H3,(H,19,20,22)(H,21,23,25). The zero-order valence-corrected chi connectivity index (χ0v) is 15.7. The summed E-state index contributed by atoms with van der Waals surface area (Å²) in [6, 6.07) is 7.55. The zero-order chi connectivity index (χ0) is 18.6. The van der Waals surface area contributed by atoms with Crippen LogP contribution in [0, 0.1) is 6.92 Å². The molecule has 1 amide bonds. The van der Waals surface area contributed by atoms with Crippen LogP contribution >= 0.6 is 11.3 Å². The second kappa shape index (κ2) is 7.85. The third-order valence-corrected chi connectivity index (χ3v) is 5.15. The highest BCUT2D eigenvalue weighted by molar-refractivity contribution is 7.13. The highest BCUT2D eigenvalue weighted by Crippen LogP contribution is 2.33. The van der Waals surface area contributed by atoms with E-state index < -0.39 is 0 Å². The number of rotatable bonds is 6. The number of nitrogens with one attached hydrogen (secondary N) is 2. The van der Waals surface area contributed by atoms with E-state index in [1.807, 2.05) is 23.6 Å². The second-order valence-corrected chi connectivity index (χ2v) is 7.28. The minimum Gasteiger partial charge on any atom is -0.360 e. The predicted molar refractivity (Wildman–Crippen MR) is 103 cm³/mol. The van der Waals surface area contributed by atoms with E-state index in [9.17, 15) is 4.79 Å². The van der Waals surface area contributed by atoms with Crippen molar-refractivity contribution in [3.8, 4) is 0 Å². The number of nitrogens with zero attached hydrogens (tertiary/aromatic N) is 4. The van der Waals surface area contributed by atoms with Crippen molar-refractivity contribution >= 4 is 34.0 Å². The van der Waals surface area contributed by atoms with Crippen LogP contribution in [0.1, 0.15) is 30.3 Å². The van der Waals surface area contributed by atoms with Gasteiger partial charge < -0.3 is 15.2 Å². The van der Waals surface area contributed by atoms with Gasteiger partial charge in [0.15, 0.2) is 10.9 Å². The first kappa shape index (κ1) is 17.6. The Hall–Kier alpha value is -2.78. The Bertz CT molecular complexity index is 909. The Kier molecular flexibility index (Phi) is 5.12. The molecular weight excluding hydrogens is 364 g/mol. The number of hydrogen-bond donors (Lipinski definition) is 2. The van der Waals surface area contributed by atoms with E-state index in [1.54, 1.807) is 30.5 Å². The molecule has 1 saturated heterocycles. The quantitative estimate of drug-likeness (QED) is 0.673. The number of pyridine rings is 1. The Morgan fingerprint density at radius 1 is 1.41 bits per heavy atom. The summed E-state index contributed by atoms with van der Waals surface area (Å²) in [5, 5.41) is 12.6. The van der Waals surface area contributed by atoms with Crippen molar-refractivity contribution in [2.45, 2.75) is 25.8 Å². The molecule has 140 valence electrons. The number of hydrogen-bond acceptors (Lipinski definition) is 8. The normalized spacial score (nSPS) is 17.1. The van der Waals surface area contributed by atoms with Gasteiger partial charge in [0.25, 0.3) is 0 Å². The highest BCUT2D eigenvalue weighted by atomic mass is 32.1. The Labute approximate surface area is 160 Å². The number of amides is 1. The fraction of sp³-hybridized carbons (Fsp3) is 0.333. The Balaban J connectivity index is 1.38. The second-order valence-electron chi connectivity index (χ2n) is 6.42. The van der Waals surface area contributed by atoms with Gasteiger partial charge in [-0.3, -0.25) is 9.69 Å². The van der Waals surface area contributed by atoms with Gasteiger partial charge in [-0.05, 0) is 38.4 Å². The third-order valence-electron chi connectivity index (χ3n) is 4.37. The first-order valence-electron chi connectivity index (χ1n) is 8.78. The van der Waals surface area contributed by atoms with E-state index in [1.165, 1.54) is 0 Å². The fourth-order valence-electron chi connectivity index (χ4n) is 3.19. The molecule has 3 aromatic heterocycles. The van der Waals surface area contributed by atoms with E-state index in [0.717, 1.165) is 36.0 Å². The van der Waals surface area contributed by atoms with Crippen LogP contribution in [-0.4, -0.2) is 39.0 Å². The largest absolute Gasteiger partial charge is 0.360 e. The SMILES string of the molecule is Cc1cc(NC(=O)CN2CCCC2c2csc(Nc3ccccn3)n2)no1. The lowest BCUT2D eigenvalue weighted by Crippen LogP contribution is -2.33. The molecule has 1 atom stereocenters. The molecular formula is C18H20N6O2S. The van der Waals surface area contributed by atoms with Crippen LogP contribution < -0.4 is 10.6 Å². The zero-order valence-electron chi connectivity index (χ0n) is 14.9. The van der Waals surface area contributed by atoms with Gasteiger partial charge in [0.05, 0.1) is 18.3 Å². The molecule has 4 heterocycles. The topological polar surface area (TPSA) is 96.2 Å². The monoisotopic (exact) mass is 384 g/mol. The number of carbonyl (C=O) groups is 1. The molecule has 2 N–H and O–H groups in total. The van der Waals surface area contributed by atoms with Gasteiger partial charge in [0.2, 0.25) is 5.91 Å². The predicted octanol–water partition coefficient (Wildman–Crippen LogP) is 3.35. The lowest BCUT2D eigenvalue weighted by Gasteiger charge is -2.22. The summed E-state index contributed by atoms with van der Waals surface area (Å²) >= 11 is 1.55. The minimum absolute atomic E-state index is 0.0998. The first-order chi connectivity index (χ1) is 13.2. The van der Waals surface area contributed by atoms with Crippen molar-refractivity contribution in [1.29, 1.82) is 0 Å². The van der Waals surface area contributed by atoms with Crippen LogP contribution in [0.25, 0.3) is 0 Å². The molecule has 0 spiro atoms. The number of aryl methyl sites for hydroxylation is 1. The molecule has 0 radical (unpaired) electrons. The molecule has 0 aromatic carbocycles. The van der Waals surface area contributed by atoms with E-state index >= 15 is 0 Å². The van der Waals surface area contributed by atoms with Crippen LogP contribution in [-0.2, 0) is 4.79 Å². The number of aromatic nitrogens is 3. The number of anilines is 3. The van der Waals surface area contributed by atoms with Gasteiger partial charge in [0, 0.05) is 17.6 Å². The molecule has 3 aromatic rings. The van der Waals surface area contributed by atoms with E-state index in [0.29, 0.717) is 18.1 Å². The van der Waals surface area contributed by atoms with E-state index in [-0.39, 0.29) is 11.9 Å². The van der Waals surface area contributed by atoms with Crippen LogP contribution in [0.3, 0.4) is 0 Å². The van der Waals surface area contributed by atoms with Crippen molar-refractivity contribution < 1.29 is 9.32 Å². The minimum atomic E-state index is -0.0998. The van der Waals surface area contributed by atoms with Gasteiger partial charge in [-0.2, -0.15) is 0 Å². The van der Waals surface area contributed by atoms with Crippen LogP contribution in [0.15, 0.2) is 40.4 Å². The van der Waals surface area contributed by atoms with Gasteiger partial charge >= 0.3 is 0 Å². The Morgan fingerprint density at radius 2 is 2.33 bits per heavy atom. The van der Waals surface area contributed by atoms with E-state index in [4.69, 9.17) is 9.51 Å². The van der Waals surface area contributed by atoms with Crippen molar-refractivity contribution in [3.05, 3.63) is 47.3 Å². The van der Waals surface area contributed by atoms with Crippen molar-refractivity contribution in [3.63, 3.8) is 0 Å². The van der Waals surface area contributed by atoms with Crippen LogP contribution in [0.5, 0.6) is 0 Å². The third kappa shape index (κ3) is 4.32. The molecule has 1 aliphatic heterocycles. The van der Waals surface area contributed by atoms with E-state index in [2.05, 4.69) is 25.7 Å². The summed E-state index contributed by atoms with van der Waals surface area (Å²) in [5.41, 5.74) is 0.987. The maximum atomic E-state index is 12.3. The fourth-order valence-corrected chi connectivity index (χ4v) is 3.95. The van der Waals surface area contributed by atoms with Gasteiger partial charge in [-0.25, -0.2) is 9.97 Å². The number of carbonyl (C=O) groups excluding carboxylic acids is 1. The van der Waals surface area contributed by atoms with Crippen molar-refractivity contribution in [1.82, 2.24) is 20.0 Å². The lowest BCUT2D eigenvalue weighted by molar-refractivity contribution is -0.117. The summed E-state index contributed by atoms with van der Waals surface area (Å²) in [4.78, 5) is 23.4. The Morgan fingerprint density at radius 3 is 3.11 bits per heavy atom. The molecule has 1 fully saturated rings. The maximum Gasteiger partial charge on any atom is 0.239 e. The summed E-state index contributed by atoms with van der Waals surface area (Å²) in [5.74, 6) is 1.78. The maximum absolute atomic E-state index is 12.3. The number of likely N-dealkylation sites (tertiary alicyclic amines) is 1. The molecule has 0 bridgehead atoms. The van der Waals surface area contributed by atoms with Crippen molar-refractivity contribution in [2.75, 3.05) is 23.7 Å². The summed E-state index contributed by atoms with van der Waals surface area (Å²) < 4.78 is 4.98. The molecule has 4 rings (SSSR count). The average molecular weight is 384 g/mol. The molecule has 1 unspecified atom stereocenters. The van der Waals surface area contributed by atoms with Gasteiger partial charge in [-0.1, -0.05) is 11.2 Å². The van der Waals surface area contributed by atoms with Gasteiger partial charge in [-0.15, -0.1) is 11.3 Å². The van der Waals surface area contributed by atoms with Crippen molar-refractivity contribution in [2.24, 2.45) is 0 Å². The highest BCUT2D eigenvalue weighted by Gasteiger charge is 2.29.